The number of nitro benzene ring substituents is 1. The average Bonchev–Trinajstić information content (AvgIpc) is 3.20. The van der Waals surface area contributed by atoms with E-state index in [0.717, 1.165) is 0 Å². The highest BCUT2D eigenvalue weighted by Gasteiger charge is 2.11. The summed E-state index contributed by atoms with van der Waals surface area (Å²) in [6.45, 7) is 0. The second-order valence-corrected chi connectivity index (χ2v) is 5.78. The number of carbonyl (C=O) groups is 1. The lowest BCUT2D eigenvalue weighted by atomic mass is 10.1. The van der Waals surface area contributed by atoms with Crippen molar-refractivity contribution in [2.24, 2.45) is 0 Å². The maximum absolute atomic E-state index is 12.4. The molecule has 0 bridgehead atoms. The summed E-state index contributed by atoms with van der Waals surface area (Å²) in [5, 5.41) is 10.9. The van der Waals surface area contributed by atoms with Crippen molar-refractivity contribution in [3.05, 3.63) is 82.1 Å². The van der Waals surface area contributed by atoms with E-state index in [0.29, 0.717) is 34.1 Å². The second kappa shape index (κ2) is 8.22. The lowest BCUT2D eigenvalue weighted by Crippen LogP contribution is -1.97. The first-order valence-electron chi connectivity index (χ1n) is 8.31. The SMILES string of the molecule is COc1ccc(C(=O)/C=C/c2ccc(-c3cccc([N+](=O)[O-])c3)o2)cc1OC. The highest BCUT2D eigenvalue weighted by molar-refractivity contribution is 6.07. The number of ether oxygens (including phenoxy) is 2. The molecule has 7 nitrogen and oxygen atoms in total. The molecule has 3 rings (SSSR count). The molecule has 0 spiro atoms. The van der Waals surface area contributed by atoms with Gasteiger partial charge in [-0.25, -0.2) is 0 Å². The van der Waals surface area contributed by atoms with E-state index >= 15 is 0 Å². The largest absolute Gasteiger partial charge is 0.493 e. The molecule has 0 saturated carbocycles. The number of hydrogen-bond acceptors (Lipinski definition) is 6. The third-order valence-electron chi connectivity index (χ3n) is 4.04. The number of furan rings is 1. The zero-order chi connectivity index (χ0) is 20.1. The summed E-state index contributed by atoms with van der Waals surface area (Å²) in [7, 11) is 3.02. The summed E-state index contributed by atoms with van der Waals surface area (Å²) < 4.78 is 16.0. The highest BCUT2D eigenvalue weighted by Crippen LogP contribution is 2.28. The molecule has 142 valence electrons. The van der Waals surface area contributed by atoms with Gasteiger partial charge in [-0.05, 0) is 42.5 Å². The van der Waals surface area contributed by atoms with E-state index in [2.05, 4.69) is 0 Å². The first-order chi connectivity index (χ1) is 13.5. The minimum atomic E-state index is -0.463. The van der Waals surface area contributed by atoms with Gasteiger partial charge in [0, 0.05) is 23.3 Å². The van der Waals surface area contributed by atoms with Crippen LogP contribution < -0.4 is 9.47 Å². The first kappa shape index (κ1) is 18.9. The lowest BCUT2D eigenvalue weighted by molar-refractivity contribution is -0.384. The van der Waals surface area contributed by atoms with Crippen LogP contribution in [0.4, 0.5) is 5.69 Å². The smallest absolute Gasteiger partial charge is 0.270 e. The van der Waals surface area contributed by atoms with Crippen molar-refractivity contribution in [1.29, 1.82) is 0 Å². The Morgan fingerprint density at radius 3 is 2.54 bits per heavy atom. The molecule has 0 radical (unpaired) electrons. The van der Waals surface area contributed by atoms with E-state index in [-0.39, 0.29) is 11.5 Å². The third-order valence-corrected chi connectivity index (χ3v) is 4.04. The normalized spacial score (nSPS) is 10.8. The van der Waals surface area contributed by atoms with Crippen molar-refractivity contribution in [2.45, 2.75) is 0 Å². The predicted molar refractivity (Wildman–Crippen MR) is 104 cm³/mol. The number of nitrogens with zero attached hydrogens (tertiary/aromatic N) is 1. The molecule has 28 heavy (non-hydrogen) atoms. The Hall–Kier alpha value is -3.87. The fourth-order valence-corrected chi connectivity index (χ4v) is 2.61. The summed E-state index contributed by atoms with van der Waals surface area (Å²) in [5.74, 6) is 1.70. The number of carbonyl (C=O) groups excluding carboxylic acids is 1. The van der Waals surface area contributed by atoms with E-state index in [1.165, 1.54) is 32.4 Å². The van der Waals surface area contributed by atoms with Gasteiger partial charge in [-0.1, -0.05) is 12.1 Å². The summed E-state index contributed by atoms with van der Waals surface area (Å²) in [6, 6.07) is 14.4. The Morgan fingerprint density at radius 2 is 1.82 bits per heavy atom. The van der Waals surface area contributed by atoms with Crippen molar-refractivity contribution in [2.75, 3.05) is 14.2 Å². The molecule has 0 aliphatic rings. The van der Waals surface area contributed by atoms with Crippen LogP contribution in [0.25, 0.3) is 17.4 Å². The molecule has 0 fully saturated rings. The molecule has 0 atom stereocenters. The molecule has 0 saturated heterocycles. The van der Waals surface area contributed by atoms with Crippen LogP contribution in [0.2, 0.25) is 0 Å². The second-order valence-electron chi connectivity index (χ2n) is 5.78. The van der Waals surface area contributed by atoms with Crippen molar-refractivity contribution in [3.8, 4) is 22.8 Å². The first-order valence-corrected chi connectivity index (χ1v) is 8.31. The van der Waals surface area contributed by atoms with Crippen molar-refractivity contribution >= 4 is 17.5 Å². The highest BCUT2D eigenvalue weighted by atomic mass is 16.6. The quantitative estimate of drug-likeness (QED) is 0.254. The number of non-ortho nitro benzene ring substituents is 1. The maximum atomic E-state index is 12.4. The monoisotopic (exact) mass is 379 g/mol. The Bertz CT molecular complexity index is 1050. The fourth-order valence-electron chi connectivity index (χ4n) is 2.61. The summed E-state index contributed by atoms with van der Waals surface area (Å²) in [5.41, 5.74) is 1.01. The van der Waals surface area contributed by atoms with Gasteiger partial charge >= 0.3 is 0 Å². The standard InChI is InChI=1S/C21H17NO6/c1-26-20-10-6-14(13-21(20)27-2)18(23)9-7-17-8-11-19(28-17)15-4-3-5-16(12-15)22(24)25/h3-13H,1-2H3/b9-7+. The van der Waals surface area contributed by atoms with Gasteiger partial charge in [0.25, 0.3) is 5.69 Å². The van der Waals surface area contributed by atoms with Crippen LogP contribution >= 0.6 is 0 Å². The number of allylic oxidation sites excluding steroid dienone is 1. The number of nitro groups is 1. The van der Waals surface area contributed by atoms with Gasteiger partial charge in [0.05, 0.1) is 19.1 Å². The number of rotatable bonds is 7. The Labute approximate surface area is 161 Å². The average molecular weight is 379 g/mol. The van der Waals surface area contributed by atoms with Crippen LogP contribution in [-0.4, -0.2) is 24.9 Å². The van der Waals surface area contributed by atoms with Crippen LogP contribution in [0.15, 0.2) is 65.1 Å². The van der Waals surface area contributed by atoms with Crippen LogP contribution in [0.3, 0.4) is 0 Å². The van der Waals surface area contributed by atoms with Gasteiger partial charge in [-0.15, -0.1) is 0 Å². The molecule has 0 aliphatic carbocycles. The molecule has 1 heterocycles. The van der Waals surface area contributed by atoms with Crippen LogP contribution in [0.1, 0.15) is 16.1 Å². The van der Waals surface area contributed by atoms with E-state index in [4.69, 9.17) is 13.9 Å². The molecule has 2 aromatic carbocycles. The van der Waals surface area contributed by atoms with E-state index in [9.17, 15) is 14.9 Å². The molecule has 3 aromatic rings. The number of hydrogen-bond donors (Lipinski definition) is 0. The van der Waals surface area contributed by atoms with Crippen molar-refractivity contribution in [3.63, 3.8) is 0 Å². The molecule has 1 aromatic heterocycles. The maximum Gasteiger partial charge on any atom is 0.270 e. The third kappa shape index (κ3) is 4.09. The van der Waals surface area contributed by atoms with Crippen LogP contribution in [0, 0.1) is 10.1 Å². The number of methoxy groups -OCH3 is 2. The molecule has 0 amide bonds. The molecular formula is C21H17NO6. The number of benzene rings is 2. The van der Waals surface area contributed by atoms with E-state index < -0.39 is 4.92 Å². The Morgan fingerprint density at radius 1 is 1.04 bits per heavy atom. The number of ketones is 1. The topological polar surface area (TPSA) is 91.8 Å². The van der Waals surface area contributed by atoms with E-state index in [1.54, 1.807) is 48.5 Å². The minimum absolute atomic E-state index is 0.0189. The summed E-state index contributed by atoms with van der Waals surface area (Å²) in [6.07, 6.45) is 2.93. The van der Waals surface area contributed by atoms with Gasteiger partial charge in [0.15, 0.2) is 17.3 Å². The van der Waals surface area contributed by atoms with Gasteiger partial charge < -0.3 is 13.9 Å². The Balaban J connectivity index is 1.78. The summed E-state index contributed by atoms with van der Waals surface area (Å²) in [4.78, 5) is 22.8. The summed E-state index contributed by atoms with van der Waals surface area (Å²) >= 11 is 0. The molecule has 0 N–H and O–H groups in total. The van der Waals surface area contributed by atoms with Gasteiger partial charge in [-0.2, -0.15) is 0 Å². The lowest BCUT2D eigenvalue weighted by Gasteiger charge is -2.07. The van der Waals surface area contributed by atoms with Gasteiger partial charge in [-0.3, -0.25) is 14.9 Å². The van der Waals surface area contributed by atoms with Crippen molar-refractivity contribution < 1.29 is 23.6 Å². The molecule has 0 aliphatic heterocycles. The van der Waals surface area contributed by atoms with Gasteiger partial charge in [0.2, 0.25) is 0 Å². The molecule has 7 heteroatoms. The fraction of sp³-hybridized carbons (Fsp3) is 0.0952. The zero-order valence-electron chi connectivity index (χ0n) is 15.2. The van der Waals surface area contributed by atoms with Crippen LogP contribution in [0.5, 0.6) is 11.5 Å². The van der Waals surface area contributed by atoms with E-state index in [1.807, 2.05) is 0 Å². The molecular weight excluding hydrogens is 362 g/mol. The Kier molecular flexibility index (Phi) is 5.55. The van der Waals surface area contributed by atoms with Crippen LogP contribution in [-0.2, 0) is 0 Å². The predicted octanol–water partition coefficient (Wildman–Crippen LogP) is 4.77. The minimum Gasteiger partial charge on any atom is -0.493 e. The zero-order valence-corrected chi connectivity index (χ0v) is 15.2. The van der Waals surface area contributed by atoms with Gasteiger partial charge in [0.1, 0.15) is 11.5 Å². The van der Waals surface area contributed by atoms with Crippen molar-refractivity contribution in [1.82, 2.24) is 0 Å². The molecule has 0 unspecified atom stereocenters.